The number of carbonyl (C=O) groups excluding carboxylic acids is 1. The van der Waals surface area contributed by atoms with E-state index in [0.717, 1.165) is 17.5 Å². The number of hydrogen-bond donors (Lipinski definition) is 2. The molecule has 0 saturated carbocycles. The fraction of sp³-hybridized carbons (Fsp3) is 0.533. The third-order valence-electron chi connectivity index (χ3n) is 2.51. The van der Waals surface area contributed by atoms with Crippen LogP contribution in [0.25, 0.3) is 0 Å². The molecule has 0 aliphatic heterocycles. The molecule has 19 heavy (non-hydrogen) atoms. The van der Waals surface area contributed by atoms with Crippen LogP contribution in [0.5, 0.6) is 0 Å². The molecule has 4 nitrogen and oxygen atoms in total. The van der Waals surface area contributed by atoms with Crippen molar-refractivity contribution in [2.45, 2.75) is 52.4 Å². The van der Waals surface area contributed by atoms with E-state index in [0.29, 0.717) is 0 Å². The zero-order valence-electron chi connectivity index (χ0n) is 12.1. The lowest BCUT2D eigenvalue weighted by Gasteiger charge is -2.22. The van der Waals surface area contributed by atoms with E-state index in [1.807, 2.05) is 52.0 Å². The Bertz CT molecular complexity index is 406. The van der Waals surface area contributed by atoms with Gasteiger partial charge in [0.2, 0.25) is 0 Å². The van der Waals surface area contributed by atoms with Gasteiger partial charge < -0.3 is 15.2 Å². The van der Waals surface area contributed by atoms with Crippen molar-refractivity contribution < 1.29 is 14.6 Å². The van der Waals surface area contributed by atoms with E-state index in [1.165, 1.54) is 0 Å². The van der Waals surface area contributed by atoms with Crippen molar-refractivity contribution in [2.24, 2.45) is 0 Å². The van der Waals surface area contributed by atoms with Gasteiger partial charge in [-0.2, -0.15) is 0 Å². The summed E-state index contributed by atoms with van der Waals surface area (Å²) < 4.78 is 5.20. The molecule has 0 spiro atoms. The molecule has 1 amide bonds. The minimum absolute atomic E-state index is 0.00479. The van der Waals surface area contributed by atoms with Gasteiger partial charge in [0.15, 0.2) is 0 Å². The van der Waals surface area contributed by atoms with Crippen molar-refractivity contribution in [3.8, 4) is 0 Å². The van der Waals surface area contributed by atoms with E-state index in [1.54, 1.807) is 0 Å². The minimum atomic E-state index is -0.480. The largest absolute Gasteiger partial charge is 0.444 e. The van der Waals surface area contributed by atoms with E-state index in [-0.39, 0.29) is 12.6 Å². The highest BCUT2D eigenvalue weighted by molar-refractivity contribution is 5.68. The van der Waals surface area contributed by atoms with Gasteiger partial charge in [0.05, 0.1) is 6.61 Å². The van der Waals surface area contributed by atoms with E-state index in [4.69, 9.17) is 9.84 Å². The van der Waals surface area contributed by atoms with Crippen LogP contribution >= 0.6 is 0 Å². The molecule has 106 valence electrons. The molecule has 1 unspecified atom stereocenters. The molecule has 1 rings (SSSR count). The highest BCUT2D eigenvalue weighted by atomic mass is 16.6. The van der Waals surface area contributed by atoms with Gasteiger partial charge in [-0.25, -0.2) is 4.79 Å². The maximum absolute atomic E-state index is 11.6. The highest BCUT2D eigenvalue weighted by Gasteiger charge is 2.17. The van der Waals surface area contributed by atoms with Crippen molar-refractivity contribution in [3.63, 3.8) is 0 Å². The van der Waals surface area contributed by atoms with E-state index in [2.05, 4.69) is 5.32 Å². The first-order valence-corrected chi connectivity index (χ1v) is 6.48. The summed E-state index contributed by atoms with van der Waals surface area (Å²) in [5.41, 5.74) is 1.52. The van der Waals surface area contributed by atoms with Crippen LogP contribution in [0.2, 0.25) is 0 Å². The topological polar surface area (TPSA) is 58.6 Å². The highest BCUT2D eigenvalue weighted by Crippen LogP contribution is 2.09. The quantitative estimate of drug-likeness (QED) is 0.880. The van der Waals surface area contributed by atoms with Crippen LogP contribution in [-0.2, 0) is 17.8 Å². The average Bonchev–Trinajstić information content (AvgIpc) is 2.27. The summed E-state index contributed by atoms with van der Waals surface area (Å²) in [6.45, 7) is 7.50. The summed E-state index contributed by atoms with van der Waals surface area (Å²) >= 11 is 0. The minimum Gasteiger partial charge on any atom is -0.444 e. The number of amides is 1. The molecule has 0 aliphatic carbocycles. The third-order valence-corrected chi connectivity index (χ3v) is 2.51. The SMILES string of the molecule is CC(Cc1ccc(CO)cc1)NC(=O)OC(C)(C)C. The van der Waals surface area contributed by atoms with Gasteiger partial charge in [0.1, 0.15) is 5.60 Å². The van der Waals surface area contributed by atoms with E-state index < -0.39 is 11.7 Å². The Kier molecular flexibility index (Phi) is 5.36. The monoisotopic (exact) mass is 265 g/mol. The Morgan fingerprint density at radius 2 is 1.79 bits per heavy atom. The van der Waals surface area contributed by atoms with E-state index >= 15 is 0 Å². The first-order chi connectivity index (χ1) is 8.80. The average molecular weight is 265 g/mol. The molecule has 0 fully saturated rings. The van der Waals surface area contributed by atoms with Crippen molar-refractivity contribution in [3.05, 3.63) is 35.4 Å². The molecular formula is C15H23NO3. The lowest BCUT2D eigenvalue weighted by atomic mass is 10.1. The first kappa shape index (κ1) is 15.5. The predicted molar refractivity (Wildman–Crippen MR) is 74.9 cm³/mol. The molecule has 0 aromatic heterocycles. The fourth-order valence-corrected chi connectivity index (χ4v) is 1.69. The lowest BCUT2D eigenvalue weighted by molar-refractivity contribution is 0.0508. The fourth-order valence-electron chi connectivity index (χ4n) is 1.69. The Balaban J connectivity index is 2.46. The van der Waals surface area contributed by atoms with Crippen LogP contribution < -0.4 is 5.32 Å². The van der Waals surface area contributed by atoms with Gasteiger partial charge in [0.25, 0.3) is 0 Å². The molecule has 1 atom stereocenters. The summed E-state index contributed by atoms with van der Waals surface area (Å²) in [6, 6.07) is 7.68. The second-order valence-electron chi connectivity index (χ2n) is 5.73. The molecule has 0 radical (unpaired) electrons. The molecular weight excluding hydrogens is 242 g/mol. The Morgan fingerprint density at radius 1 is 1.26 bits per heavy atom. The number of alkyl carbamates (subject to hydrolysis) is 1. The van der Waals surface area contributed by atoms with Gasteiger partial charge in [-0.05, 0) is 45.2 Å². The second kappa shape index (κ2) is 6.57. The number of ether oxygens (including phenoxy) is 1. The van der Waals surface area contributed by atoms with Gasteiger partial charge in [-0.3, -0.25) is 0 Å². The second-order valence-corrected chi connectivity index (χ2v) is 5.73. The van der Waals surface area contributed by atoms with Crippen molar-refractivity contribution in [1.82, 2.24) is 5.32 Å². The molecule has 4 heteroatoms. The number of nitrogens with one attached hydrogen (secondary N) is 1. The van der Waals surface area contributed by atoms with Crippen molar-refractivity contribution >= 4 is 6.09 Å². The lowest BCUT2D eigenvalue weighted by Crippen LogP contribution is -2.38. The molecule has 0 bridgehead atoms. The molecule has 0 aliphatic rings. The Hall–Kier alpha value is -1.55. The first-order valence-electron chi connectivity index (χ1n) is 6.48. The molecule has 2 N–H and O–H groups in total. The van der Waals surface area contributed by atoms with Crippen LogP contribution in [0.15, 0.2) is 24.3 Å². The van der Waals surface area contributed by atoms with E-state index in [9.17, 15) is 4.79 Å². The van der Waals surface area contributed by atoms with Crippen molar-refractivity contribution in [2.75, 3.05) is 0 Å². The number of carbonyl (C=O) groups is 1. The molecule has 0 saturated heterocycles. The number of hydrogen-bond acceptors (Lipinski definition) is 3. The summed E-state index contributed by atoms with van der Waals surface area (Å²) in [4.78, 5) is 11.6. The predicted octanol–water partition coefficient (Wildman–Crippen LogP) is 2.63. The number of rotatable bonds is 4. The molecule has 0 heterocycles. The maximum atomic E-state index is 11.6. The third kappa shape index (κ3) is 6.25. The van der Waals surface area contributed by atoms with Gasteiger partial charge in [-0.1, -0.05) is 24.3 Å². The molecule has 1 aromatic rings. The number of aliphatic hydroxyl groups is 1. The standard InChI is InChI=1S/C15H23NO3/c1-11(16-14(18)19-15(2,3)4)9-12-5-7-13(10-17)8-6-12/h5-8,11,17H,9-10H2,1-4H3,(H,16,18). The van der Waals surface area contributed by atoms with Crippen LogP contribution in [-0.4, -0.2) is 22.8 Å². The molecule has 1 aromatic carbocycles. The normalized spacial score (nSPS) is 12.9. The zero-order valence-corrected chi connectivity index (χ0v) is 12.1. The van der Waals surface area contributed by atoms with Crippen LogP contribution in [0.1, 0.15) is 38.8 Å². The number of benzene rings is 1. The van der Waals surface area contributed by atoms with Gasteiger partial charge in [0, 0.05) is 6.04 Å². The summed E-state index contributed by atoms with van der Waals surface area (Å²) in [6.07, 6.45) is 0.331. The zero-order chi connectivity index (χ0) is 14.5. The van der Waals surface area contributed by atoms with Gasteiger partial charge in [-0.15, -0.1) is 0 Å². The van der Waals surface area contributed by atoms with Crippen LogP contribution in [0, 0.1) is 0 Å². The Morgan fingerprint density at radius 3 is 2.26 bits per heavy atom. The smallest absolute Gasteiger partial charge is 0.407 e. The Labute approximate surface area is 114 Å². The summed E-state index contributed by atoms with van der Waals surface area (Å²) in [5.74, 6) is 0. The van der Waals surface area contributed by atoms with Crippen molar-refractivity contribution in [1.29, 1.82) is 0 Å². The van der Waals surface area contributed by atoms with Gasteiger partial charge >= 0.3 is 6.09 Å². The summed E-state index contributed by atoms with van der Waals surface area (Å²) in [5, 5.41) is 11.8. The van der Waals surface area contributed by atoms with Crippen LogP contribution in [0.4, 0.5) is 4.79 Å². The summed E-state index contributed by atoms with van der Waals surface area (Å²) in [7, 11) is 0. The number of aliphatic hydroxyl groups excluding tert-OH is 1. The van der Waals surface area contributed by atoms with Crippen LogP contribution in [0.3, 0.4) is 0 Å². The maximum Gasteiger partial charge on any atom is 0.407 e.